The van der Waals surface area contributed by atoms with Crippen LogP contribution in [0.1, 0.15) is 29.8 Å². The number of benzene rings is 2. The van der Waals surface area contributed by atoms with Gasteiger partial charge >= 0.3 is 0 Å². The molecule has 1 heterocycles. The standard InChI is InChI=1S/C20H21N3O/c1-3-22(4-2)12-13-23-17-11-7-10-16-18(17)19(21-23)14-8-5-6-9-15(14)20(16)24/h5-11H,3-4,12-13H2,1-2H3. The van der Waals surface area contributed by atoms with Crippen LogP contribution in [-0.4, -0.2) is 40.1 Å². The molecule has 1 aliphatic rings. The molecule has 0 spiro atoms. The molecule has 0 N–H and O–H groups in total. The van der Waals surface area contributed by atoms with E-state index in [0.717, 1.165) is 59.5 Å². The van der Waals surface area contributed by atoms with Gasteiger partial charge in [-0.05, 0) is 19.2 Å². The lowest BCUT2D eigenvalue weighted by atomic mass is 9.87. The van der Waals surface area contributed by atoms with Crippen LogP contribution in [0.2, 0.25) is 0 Å². The fraction of sp³-hybridized carbons (Fsp3) is 0.300. The third-order valence-corrected chi connectivity index (χ3v) is 4.97. The number of hydrogen-bond acceptors (Lipinski definition) is 3. The fourth-order valence-corrected chi connectivity index (χ4v) is 3.59. The van der Waals surface area contributed by atoms with Crippen LogP contribution in [0.15, 0.2) is 42.5 Å². The van der Waals surface area contributed by atoms with Crippen molar-refractivity contribution in [3.8, 4) is 11.3 Å². The number of carbonyl (C=O) groups is 1. The average molecular weight is 319 g/mol. The van der Waals surface area contributed by atoms with Crippen molar-refractivity contribution in [1.29, 1.82) is 0 Å². The summed E-state index contributed by atoms with van der Waals surface area (Å²) in [6.07, 6.45) is 0. The van der Waals surface area contributed by atoms with Crippen molar-refractivity contribution >= 4 is 16.7 Å². The van der Waals surface area contributed by atoms with Gasteiger partial charge in [0.05, 0.1) is 12.1 Å². The molecule has 1 aliphatic carbocycles. The van der Waals surface area contributed by atoms with Crippen molar-refractivity contribution in [1.82, 2.24) is 14.7 Å². The van der Waals surface area contributed by atoms with Gasteiger partial charge in [-0.15, -0.1) is 0 Å². The zero-order valence-electron chi connectivity index (χ0n) is 14.1. The SMILES string of the molecule is CCN(CC)CCn1nc2c3c(cccc31)C(=O)c1ccccc1-2. The molecule has 4 rings (SSSR count). The molecule has 0 saturated heterocycles. The van der Waals surface area contributed by atoms with Crippen molar-refractivity contribution in [3.05, 3.63) is 53.6 Å². The summed E-state index contributed by atoms with van der Waals surface area (Å²) in [5.74, 6) is 0.104. The fourth-order valence-electron chi connectivity index (χ4n) is 3.59. The Morgan fingerprint density at radius 2 is 1.67 bits per heavy atom. The number of fused-ring (bicyclic) bond motifs is 2. The molecule has 0 atom stereocenters. The topological polar surface area (TPSA) is 38.1 Å². The molecule has 2 aromatic carbocycles. The van der Waals surface area contributed by atoms with E-state index in [1.807, 2.05) is 36.4 Å². The van der Waals surface area contributed by atoms with Crippen LogP contribution in [0.4, 0.5) is 0 Å². The Hall–Kier alpha value is -2.46. The van der Waals surface area contributed by atoms with Crippen molar-refractivity contribution in [2.24, 2.45) is 0 Å². The molecule has 0 unspecified atom stereocenters. The summed E-state index contributed by atoms with van der Waals surface area (Å²) in [4.78, 5) is 15.2. The highest BCUT2D eigenvalue weighted by atomic mass is 16.1. The zero-order chi connectivity index (χ0) is 16.7. The number of nitrogens with zero attached hydrogens (tertiary/aromatic N) is 3. The molecule has 0 radical (unpaired) electrons. The van der Waals surface area contributed by atoms with E-state index in [2.05, 4.69) is 29.5 Å². The van der Waals surface area contributed by atoms with Gasteiger partial charge in [-0.1, -0.05) is 50.2 Å². The molecular formula is C20H21N3O. The Morgan fingerprint density at radius 1 is 0.958 bits per heavy atom. The van der Waals surface area contributed by atoms with Gasteiger partial charge in [0.1, 0.15) is 5.69 Å². The molecule has 0 amide bonds. The van der Waals surface area contributed by atoms with Gasteiger partial charge in [-0.25, -0.2) is 0 Å². The summed E-state index contributed by atoms with van der Waals surface area (Å²) in [5.41, 5.74) is 4.47. The summed E-state index contributed by atoms with van der Waals surface area (Å²) in [6.45, 7) is 8.22. The molecule has 24 heavy (non-hydrogen) atoms. The number of likely N-dealkylation sites (N-methyl/N-ethyl adjacent to an activating group) is 1. The quantitative estimate of drug-likeness (QED) is 0.564. The lowest BCUT2D eigenvalue weighted by Gasteiger charge is -2.17. The first-order chi connectivity index (χ1) is 11.7. The summed E-state index contributed by atoms with van der Waals surface area (Å²) >= 11 is 0. The Bertz CT molecular complexity index is 922. The van der Waals surface area contributed by atoms with Crippen LogP contribution in [0.3, 0.4) is 0 Å². The smallest absolute Gasteiger partial charge is 0.194 e. The number of rotatable bonds is 5. The summed E-state index contributed by atoms with van der Waals surface area (Å²) in [7, 11) is 0. The maximum absolute atomic E-state index is 12.8. The second kappa shape index (κ2) is 5.87. The Morgan fingerprint density at radius 3 is 2.42 bits per heavy atom. The van der Waals surface area contributed by atoms with Gasteiger partial charge in [0.15, 0.2) is 5.78 Å². The zero-order valence-corrected chi connectivity index (χ0v) is 14.1. The molecule has 0 aliphatic heterocycles. The third kappa shape index (κ3) is 2.18. The van der Waals surface area contributed by atoms with E-state index in [4.69, 9.17) is 5.10 Å². The first kappa shape index (κ1) is 15.1. The van der Waals surface area contributed by atoms with Crippen molar-refractivity contribution in [3.63, 3.8) is 0 Å². The predicted octanol–water partition coefficient (Wildman–Crippen LogP) is 3.59. The van der Waals surface area contributed by atoms with E-state index in [9.17, 15) is 4.79 Å². The molecule has 122 valence electrons. The highest BCUT2D eigenvalue weighted by molar-refractivity contribution is 6.25. The number of aromatic nitrogens is 2. The van der Waals surface area contributed by atoms with Gasteiger partial charge in [-0.3, -0.25) is 9.48 Å². The number of carbonyl (C=O) groups excluding carboxylic acids is 1. The molecule has 3 aromatic rings. The maximum Gasteiger partial charge on any atom is 0.194 e. The molecule has 4 nitrogen and oxygen atoms in total. The van der Waals surface area contributed by atoms with E-state index in [1.54, 1.807) is 0 Å². The Balaban J connectivity index is 1.86. The van der Waals surface area contributed by atoms with Crippen LogP contribution < -0.4 is 0 Å². The largest absolute Gasteiger partial charge is 0.302 e. The van der Waals surface area contributed by atoms with Crippen LogP contribution in [0, 0.1) is 0 Å². The van der Waals surface area contributed by atoms with Gasteiger partial charge in [0.2, 0.25) is 0 Å². The minimum atomic E-state index is 0.104. The normalized spacial score (nSPS) is 12.9. The van der Waals surface area contributed by atoms with Gasteiger partial charge in [0, 0.05) is 28.6 Å². The minimum absolute atomic E-state index is 0.104. The molecule has 0 fully saturated rings. The minimum Gasteiger partial charge on any atom is -0.302 e. The third-order valence-electron chi connectivity index (χ3n) is 4.97. The summed E-state index contributed by atoms with van der Waals surface area (Å²) in [5, 5.41) is 5.87. The summed E-state index contributed by atoms with van der Waals surface area (Å²) < 4.78 is 2.06. The number of ketones is 1. The van der Waals surface area contributed by atoms with E-state index in [1.165, 1.54) is 0 Å². The summed E-state index contributed by atoms with van der Waals surface area (Å²) in [6, 6.07) is 13.7. The second-order valence-corrected chi connectivity index (χ2v) is 6.17. The van der Waals surface area contributed by atoms with Crippen molar-refractivity contribution in [2.75, 3.05) is 19.6 Å². The van der Waals surface area contributed by atoms with Gasteiger partial charge in [-0.2, -0.15) is 5.10 Å². The molecule has 0 bridgehead atoms. The second-order valence-electron chi connectivity index (χ2n) is 6.17. The van der Waals surface area contributed by atoms with Crippen LogP contribution in [-0.2, 0) is 6.54 Å². The van der Waals surface area contributed by atoms with Crippen molar-refractivity contribution in [2.45, 2.75) is 20.4 Å². The molecule has 4 heteroatoms. The first-order valence-corrected chi connectivity index (χ1v) is 8.60. The Labute approximate surface area is 141 Å². The Kier molecular flexibility index (Phi) is 3.69. The van der Waals surface area contributed by atoms with Crippen molar-refractivity contribution < 1.29 is 4.79 Å². The molecular weight excluding hydrogens is 298 g/mol. The molecule has 0 saturated carbocycles. The average Bonchev–Trinajstić information content (AvgIpc) is 3.00. The highest BCUT2D eigenvalue weighted by Crippen LogP contribution is 2.38. The lowest BCUT2D eigenvalue weighted by Crippen LogP contribution is -2.27. The maximum atomic E-state index is 12.8. The van der Waals surface area contributed by atoms with Crippen LogP contribution in [0.5, 0.6) is 0 Å². The van der Waals surface area contributed by atoms with Gasteiger partial charge < -0.3 is 4.90 Å². The van der Waals surface area contributed by atoms with Crippen LogP contribution in [0.25, 0.3) is 22.2 Å². The lowest BCUT2D eigenvalue weighted by molar-refractivity contribution is 0.104. The van der Waals surface area contributed by atoms with E-state index >= 15 is 0 Å². The van der Waals surface area contributed by atoms with Gasteiger partial charge in [0.25, 0.3) is 0 Å². The van der Waals surface area contributed by atoms with E-state index in [-0.39, 0.29) is 5.78 Å². The highest BCUT2D eigenvalue weighted by Gasteiger charge is 2.28. The number of hydrogen-bond donors (Lipinski definition) is 0. The van der Waals surface area contributed by atoms with Crippen LogP contribution >= 0.6 is 0 Å². The van der Waals surface area contributed by atoms with E-state index in [0.29, 0.717) is 0 Å². The van der Waals surface area contributed by atoms with E-state index < -0.39 is 0 Å². The first-order valence-electron chi connectivity index (χ1n) is 8.60. The predicted molar refractivity (Wildman–Crippen MR) is 96.4 cm³/mol. The monoisotopic (exact) mass is 319 g/mol. The molecule has 1 aromatic heterocycles.